The van der Waals surface area contributed by atoms with Crippen molar-refractivity contribution in [1.82, 2.24) is 10.9 Å². The zero-order valence-corrected chi connectivity index (χ0v) is 12.6. The van der Waals surface area contributed by atoms with E-state index in [0.29, 0.717) is 0 Å². The van der Waals surface area contributed by atoms with Gasteiger partial charge in [-0.1, -0.05) is 59.7 Å². The van der Waals surface area contributed by atoms with E-state index in [1.54, 1.807) is 12.4 Å². The minimum Gasteiger partial charge on any atom is -0.245 e. The molecule has 112 valence electrons. The molecule has 2 rings (SSSR count). The standard InChI is InChI=1S/C17H18N4O/c1-13-3-7-15(8-4-13)11-18-20-17(22)21-19-12-16-9-5-14(2)6-10-16/h3-12H,1-2H3,(H2,20,21,22). The largest absolute Gasteiger partial charge is 0.355 e. The molecule has 0 heterocycles. The van der Waals surface area contributed by atoms with Crippen LogP contribution < -0.4 is 10.9 Å². The second-order valence-electron chi connectivity index (χ2n) is 4.89. The van der Waals surface area contributed by atoms with Crippen LogP contribution in [0.25, 0.3) is 0 Å². The minimum absolute atomic E-state index is 0.494. The summed E-state index contributed by atoms with van der Waals surface area (Å²) in [5.41, 5.74) is 8.86. The summed E-state index contributed by atoms with van der Waals surface area (Å²) in [6.45, 7) is 4.03. The molecule has 5 heteroatoms. The Balaban J connectivity index is 1.78. The van der Waals surface area contributed by atoms with Crippen molar-refractivity contribution in [2.75, 3.05) is 0 Å². The fourth-order valence-electron chi connectivity index (χ4n) is 1.66. The Labute approximate surface area is 129 Å². The molecule has 0 unspecified atom stereocenters. The van der Waals surface area contributed by atoms with Crippen LogP contribution in [0.15, 0.2) is 58.7 Å². The van der Waals surface area contributed by atoms with Crippen molar-refractivity contribution in [3.05, 3.63) is 70.8 Å². The van der Waals surface area contributed by atoms with E-state index in [4.69, 9.17) is 0 Å². The van der Waals surface area contributed by atoms with Gasteiger partial charge in [0.2, 0.25) is 0 Å². The highest BCUT2D eigenvalue weighted by atomic mass is 16.2. The van der Waals surface area contributed by atoms with E-state index < -0.39 is 6.03 Å². The van der Waals surface area contributed by atoms with E-state index in [0.717, 1.165) is 11.1 Å². The summed E-state index contributed by atoms with van der Waals surface area (Å²) in [5.74, 6) is 0. The van der Waals surface area contributed by atoms with Crippen LogP contribution in [0.5, 0.6) is 0 Å². The van der Waals surface area contributed by atoms with Gasteiger partial charge < -0.3 is 0 Å². The number of hydrazone groups is 2. The summed E-state index contributed by atoms with van der Waals surface area (Å²) in [4.78, 5) is 11.5. The highest BCUT2D eigenvalue weighted by molar-refractivity contribution is 5.83. The Morgan fingerprint density at radius 1 is 0.773 bits per heavy atom. The molecule has 0 fully saturated rings. The molecule has 2 aromatic rings. The summed E-state index contributed by atoms with van der Waals surface area (Å²) < 4.78 is 0. The molecular formula is C17H18N4O. The number of hydrogen-bond donors (Lipinski definition) is 2. The van der Waals surface area contributed by atoms with Gasteiger partial charge in [-0.15, -0.1) is 0 Å². The minimum atomic E-state index is -0.494. The average Bonchev–Trinajstić information content (AvgIpc) is 2.51. The SMILES string of the molecule is Cc1ccc(C=NNC(=O)NN=Cc2ccc(C)cc2)cc1. The Kier molecular flexibility index (Phi) is 5.43. The van der Waals surface area contributed by atoms with Crippen molar-refractivity contribution in [1.29, 1.82) is 0 Å². The fraction of sp³-hybridized carbons (Fsp3) is 0.118. The molecule has 0 aliphatic carbocycles. The maximum absolute atomic E-state index is 11.5. The third kappa shape index (κ3) is 5.20. The number of carbonyl (C=O) groups excluding carboxylic acids is 1. The van der Waals surface area contributed by atoms with Gasteiger partial charge in [0.1, 0.15) is 0 Å². The highest BCUT2D eigenvalue weighted by Gasteiger charge is 1.94. The molecule has 2 aromatic carbocycles. The van der Waals surface area contributed by atoms with Crippen LogP contribution in [0.3, 0.4) is 0 Å². The van der Waals surface area contributed by atoms with E-state index in [-0.39, 0.29) is 0 Å². The van der Waals surface area contributed by atoms with Gasteiger partial charge in [-0.3, -0.25) is 0 Å². The lowest BCUT2D eigenvalue weighted by atomic mass is 10.2. The summed E-state index contributed by atoms with van der Waals surface area (Å²) >= 11 is 0. The van der Waals surface area contributed by atoms with Crippen molar-refractivity contribution in [3.63, 3.8) is 0 Å². The van der Waals surface area contributed by atoms with Gasteiger partial charge in [-0.2, -0.15) is 10.2 Å². The lowest BCUT2D eigenvalue weighted by Gasteiger charge is -1.98. The van der Waals surface area contributed by atoms with Crippen LogP contribution in [0, 0.1) is 13.8 Å². The number of hydrogen-bond acceptors (Lipinski definition) is 3. The zero-order chi connectivity index (χ0) is 15.8. The fourth-order valence-corrected chi connectivity index (χ4v) is 1.66. The van der Waals surface area contributed by atoms with Gasteiger partial charge in [0, 0.05) is 0 Å². The molecule has 0 radical (unpaired) electrons. The van der Waals surface area contributed by atoms with Crippen LogP contribution in [0.1, 0.15) is 22.3 Å². The molecular weight excluding hydrogens is 276 g/mol. The molecule has 0 atom stereocenters. The second kappa shape index (κ2) is 7.73. The number of aryl methyl sites for hydroxylation is 2. The monoisotopic (exact) mass is 294 g/mol. The average molecular weight is 294 g/mol. The van der Waals surface area contributed by atoms with Gasteiger partial charge in [0.25, 0.3) is 0 Å². The third-order valence-electron chi connectivity index (χ3n) is 2.91. The lowest BCUT2D eigenvalue weighted by Crippen LogP contribution is -2.28. The van der Waals surface area contributed by atoms with Crippen LogP contribution in [0.2, 0.25) is 0 Å². The van der Waals surface area contributed by atoms with Gasteiger partial charge in [-0.25, -0.2) is 15.6 Å². The van der Waals surface area contributed by atoms with E-state index >= 15 is 0 Å². The summed E-state index contributed by atoms with van der Waals surface area (Å²) in [5, 5.41) is 7.70. The number of benzene rings is 2. The Bertz CT molecular complexity index is 613. The lowest BCUT2D eigenvalue weighted by molar-refractivity contribution is 0.242. The number of urea groups is 1. The molecule has 0 spiro atoms. The highest BCUT2D eigenvalue weighted by Crippen LogP contribution is 2.00. The first-order valence-electron chi connectivity index (χ1n) is 6.89. The number of rotatable bonds is 4. The van der Waals surface area contributed by atoms with Crippen molar-refractivity contribution in [2.24, 2.45) is 10.2 Å². The van der Waals surface area contributed by atoms with Crippen molar-refractivity contribution in [3.8, 4) is 0 Å². The van der Waals surface area contributed by atoms with E-state index in [2.05, 4.69) is 21.1 Å². The number of nitrogens with zero attached hydrogens (tertiary/aromatic N) is 2. The van der Waals surface area contributed by atoms with Gasteiger partial charge in [0.05, 0.1) is 12.4 Å². The zero-order valence-electron chi connectivity index (χ0n) is 12.6. The van der Waals surface area contributed by atoms with Gasteiger partial charge >= 0.3 is 6.03 Å². The van der Waals surface area contributed by atoms with E-state index in [1.807, 2.05) is 62.4 Å². The van der Waals surface area contributed by atoms with Crippen molar-refractivity contribution < 1.29 is 4.79 Å². The van der Waals surface area contributed by atoms with E-state index in [1.165, 1.54) is 11.1 Å². The predicted molar refractivity (Wildman–Crippen MR) is 89.2 cm³/mol. The van der Waals surface area contributed by atoms with Crippen LogP contribution >= 0.6 is 0 Å². The van der Waals surface area contributed by atoms with Gasteiger partial charge in [0.15, 0.2) is 0 Å². The summed E-state index contributed by atoms with van der Waals surface area (Å²) in [6, 6.07) is 15.1. The second-order valence-corrected chi connectivity index (χ2v) is 4.89. The normalized spacial score (nSPS) is 11.0. The Hall–Kier alpha value is -2.95. The topological polar surface area (TPSA) is 65.8 Å². The summed E-state index contributed by atoms with van der Waals surface area (Å²) in [7, 11) is 0. The van der Waals surface area contributed by atoms with Crippen LogP contribution in [-0.2, 0) is 0 Å². The maximum Gasteiger partial charge on any atom is 0.355 e. The van der Waals surface area contributed by atoms with Gasteiger partial charge in [-0.05, 0) is 25.0 Å². The number of nitrogens with one attached hydrogen (secondary N) is 2. The first kappa shape index (κ1) is 15.4. The molecule has 2 amide bonds. The maximum atomic E-state index is 11.5. The first-order chi connectivity index (χ1) is 10.6. The molecule has 0 aromatic heterocycles. The van der Waals surface area contributed by atoms with Crippen LogP contribution in [0.4, 0.5) is 4.79 Å². The number of amides is 2. The molecule has 0 saturated carbocycles. The van der Waals surface area contributed by atoms with Crippen molar-refractivity contribution in [2.45, 2.75) is 13.8 Å². The number of carbonyl (C=O) groups is 1. The molecule has 0 saturated heterocycles. The molecule has 0 aliphatic rings. The quantitative estimate of drug-likeness (QED) is 0.660. The summed E-state index contributed by atoms with van der Waals surface area (Å²) in [6.07, 6.45) is 3.14. The molecule has 0 aliphatic heterocycles. The Morgan fingerprint density at radius 2 is 1.14 bits per heavy atom. The third-order valence-corrected chi connectivity index (χ3v) is 2.91. The molecule has 0 bridgehead atoms. The molecule has 22 heavy (non-hydrogen) atoms. The molecule has 2 N–H and O–H groups in total. The predicted octanol–water partition coefficient (Wildman–Crippen LogP) is 2.97. The first-order valence-corrected chi connectivity index (χ1v) is 6.89. The van der Waals surface area contributed by atoms with Crippen molar-refractivity contribution >= 4 is 18.5 Å². The van der Waals surface area contributed by atoms with Crippen LogP contribution in [-0.4, -0.2) is 18.5 Å². The molecule has 5 nitrogen and oxygen atoms in total. The Morgan fingerprint density at radius 3 is 1.50 bits per heavy atom. The smallest absolute Gasteiger partial charge is 0.245 e. The van der Waals surface area contributed by atoms with E-state index in [9.17, 15) is 4.79 Å².